The maximum atomic E-state index is 4.80. The van der Waals surface area contributed by atoms with Crippen LogP contribution in [0.5, 0.6) is 0 Å². The van der Waals surface area contributed by atoms with Crippen LogP contribution in [0.4, 0.5) is 5.13 Å². The van der Waals surface area contributed by atoms with Crippen molar-refractivity contribution in [2.24, 2.45) is 0 Å². The number of fused-ring (bicyclic) bond motifs is 3. The van der Waals surface area contributed by atoms with E-state index in [4.69, 9.17) is 4.98 Å². The molecule has 0 spiro atoms. The Labute approximate surface area is 163 Å². The van der Waals surface area contributed by atoms with E-state index in [0.717, 1.165) is 23.8 Å². The monoisotopic (exact) mass is 368 g/mol. The molecule has 1 heterocycles. The first-order valence-electron chi connectivity index (χ1n) is 9.23. The maximum Gasteiger partial charge on any atom is 0.183 e. The minimum Gasteiger partial charge on any atom is -0.357 e. The van der Waals surface area contributed by atoms with Gasteiger partial charge in [-0.05, 0) is 47.2 Å². The minimum atomic E-state index is 0.796. The Hall–Kier alpha value is -2.91. The molecule has 2 nitrogen and oxygen atoms in total. The number of hydrogen-bond acceptors (Lipinski definition) is 3. The highest BCUT2D eigenvalue weighted by molar-refractivity contribution is 7.14. The highest BCUT2D eigenvalue weighted by atomic mass is 32.1. The number of nitrogens with one attached hydrogen (secondary N) is 1. The summed E-state index contributed by atoms with van der Waals surface area (Å²) in [7, 11) is 0. The molecule has 3 heteroatoms. The van der Waals surface area contributed by atoms with E-state index in [1.165, 1.54) is 38.9 Å². The van der Waals surface area contributed by atoms with E-state index in [0.29, 0.717) is 0 Å². The molecule has 1 N–H and O–H groups in total. The summed E-state index contributed by atoms with van der Waals surface area (Å²) in [5.74, 6) is 0. The fourth-order valence-corrected chi connectivity index (χ4v) is 4.37. The van der Waals surface area contributed by atoms with E-state index in [1.807, 2.05) is 0 Å². The van der Waals surface area contributed by atoms with Crippen molar-refractivity contribution in [3.8, 4) is 22.4 Å². The first-order chi connectivity index (χ1) is 13.3. The first kappa shape index (κ1) is 16.3. The lowest BCUT2D eigenvalue weighted by molar-refractivity contribution is 1.13. The van der Waals surface area contributed by atoms with E-state index in [9.17, 15) is 0 Å². The highest BCUT2D eigenvalue weighted by Gasteiger charge is 2.18. The summed E-state index contributed by atoms with van der Waals surface area (Å²) in [5, 5.41) is 6.55. The summed E-state index contributed by atoms with van der Waals surface area (Å²) in [4.78, 5) is 4.80. The SMILES string of the molecule is Cc1ccc(CNc2nc(-c3ccc4c(c3)-c3ccccc3C4)cs2)cc1. The van der Waals surface area contributed by atoms with E-state index in [2.05, 4.69) is 84.4 Å². The fraction of sp³-hybridized carbons (Fsp3) is 0.125. The fourth-order valence-electron chi connectivity index (χ4n) is 3.65. The number of rotatable bonds is 4. The van der Waals surface area contributed by atoms with Crippen LogP contribution in [-0.2, 0) is 13.0 Å². The molecule has 0 aliphatic heterocycles. The van der Waals surface area contributed by atoms with Crippen LogP contribution >= 0.6 is 11.3 Å². The van der Waals surface area contributed by atoms with Crippen LogP contribution in [0.2, 0.25) is 0 Å². The molecule has 27 heavy (non-hydrogen) atoms. The molecule has 0 amide bonds. The van der Waals surface area contributed by atoms with Gasteiger partial charge in [0.1, 0.15) is 0 Å². The number of anilines is 1. The van der Waals surface area contributed by atoms with Crippen LogP contribution in [0.1, 0.15) is 22.3 Å². The molecule has 4 aromatic rings. The van der Waals surface area contributed by atoms with Crippen LogP contribution in [0.15, 0.2) is 72.1 Å². The molecule has 3 aromatic carbocycles. The van der Waals surface area contributed by atoms with Crippen molar-refractivity contribution in [3.63, 3.8) is 0 Å². The number of benzene rings is 3. The molecule has 0 radical (unpaired) electrons. The van der Waals surface area contributed by atoms with E-state index >= 15 is 0 Å². The maximum absolute atomic E-state index is 4.80. The summed E-state index contributed by atoms with van der Waals surface area (Å²) >= 11 is 1.66. The Morgan fingerprint density at radius 2 is 1.74 bits per heavy atom. The van der Waals surface area contributed by atoms with Gasteiger partial charge in [0.25, 0.3) is 0 Å². The van der Waals surface area contributed by atoms with Crippen molar-refractivity contribution in [2.45, 2.75) is 19.9 Å². The predicted octanol–water partition coefficient (Wildman–Crippen LogP) is 6.30. The standard InChI is InChI=1S/C24H20N2S/c1-16-6-8-17(9-7-16)14-25-24-26-23(15-27-24)20-11-10-19-12-18-4-2-3-5-21(18)22(19)13-20/h2-11,13,15H,12,14H2,1H3,(H,25,26). The van der Waals surface area contributed by atoms with Crippen LogP contribution in [-0.4, -0.2) is 4.98 Å². The molecule has 0 atom stereocenters. The largest absolute Gasteiger partial charge is 0.357 e. The minimum absolute atomic E-state index is 0.796. The van der Waals surface area contributed by atoms with Gasteiger partial charge in [-0.15, -0.1) is 11.3 Å². The third-order valence-corrected chi connectivity index (χ3v) is 5.96. The molecule has 0 bridgehead atoms. The van der Waals surface area contributed by atoms with Crippen molar-refractivity contribution in [3.05, 3.63) is 94.4 Å². The molecular weight excluding hydrogens is 348 g/mol. The summed E-state index contributed by atoms with van der Waals surface area (Å²) < 4.78 is 0. The number of hydrogen-bond donors (Lipinski definition) is 1. The van der Waals surface area contributed by atoms with E-state index < -0.39 is 0 Å². The van der Waals surface area contributed by atoms with Crippen LogP contribution in [0.25, 0.3) is 22.4 Å². The van der Waals surface area contributed by atoms with Gasteiger partial charge >= 0.3 is 0 Å². The Morgan fingerprint density at radius 1 is 0.926 bits per heavy atom. The highest BCUT2D eigenvalue weighted by Crippen LogP contribution is 2.39. The zero-order chi connectivity index (χ0) is 18.2. The summed E-state index contributed by atoms with van der Waals surface area (Å²) in [6.45, 7) is 2.91. The zero-order valence-corrected chi connectivity index (χ0v) is 16.0. The molecule has 1 aliphatic carbocycles. The van der Waals surface area contributed by atoms with Gasteiger partial charge in [0.2, 0.25) is 0 Å². The van der Waals surface area contributed by atoms with Crippen molar-refractivity contribution in [1.82, 2.24) is 4.98 Å². The molecular formula is C24H20N2S. The van der Waals surface area contributed by atoms with E-state index in [1.54, 1.807) is 11.3 Å². The Bertz CT molecular complexity index is 1110. The van der Waals surface area contributed by atoms with Gasteiger partial charge in [0, 0.05) is 17.5 Å². The molecule has 5 rings (SSSR count). The van der Waals surface area contributed by atoms with Crippen molar-refractivity contribution in [2.75, 3.05) is 5.32 Å². The predicted molar refractivity (Wildman–Crippen MR) is 114 cm³/mol. The van der Waals surface area contributed by atoms with Gasteiger partial charge in [0.15, 0.2) is 5.13 Å². The first-order valence-corrected chi connectivity index (χ1v) is 10.1. The lowest BCUT2D eigenvalue weighted by Crippen LogP contribution is -1.98. The van der Waals surface area contributed by atoms with Crippen molar-refractivity contribution < 1.29 is 0 Å². The second-order valence-electron chi connectivity index (χ2n) is 7.08. The topological polar surface area (TPSA) is 24.9 Å². The van der Waals surface area contributed by atoms with Crippen molar-refractivity contribution >= 4 is 16.5 Å². The Balaban J connectivity index is 1.37. The number of aryl methyl sites for hydroxylation is 1. The Kier molecular flexibility index (Phi) is 4.02. The van der Waals surface area contributed by atoms with Gasteiger partial charge in [-0.25, -0.2) is 4.98 Å². The molecule has 1 aromatic heterocycles. The molecule has 132 valence electrons. The van der Waals surface area contributed by atoms with Gasteiger partial charge in [-0.3, -0.25) is 0 Å². The molecule has 0 unspecified atom stereocenters. The lowest BCUT2D eigenvalue weighted by atomic mass is 10.0. The summed E-state index contributed by atoms with van der Waals surface area (Å²) in [6, 6.07) is 24.1. The Morgan fingerprint density at radius 3 is 2.63 bits per heavy atom. The lowest BCUT2D eigenvalue weighted by Gasteiger charge is -2.05. The molecule has 0 saturated carbocycles. The molecule has 0 fully saturated rings. The summed E-state index contributed by atoms with van der Waals surface area (Å²) in [5.41, 5.74) is 10.3. The number of thiazole rings is 1. The van der Waals surface area contributed by atoms with Crippen LogP contribution in [0, 0.1) is 6.92 Å². The zero-order valence-electron chi connectivity index (χ0n) is 15.2. The average molecular weight is 369 g/mol. The summed E-state index contributed by atoms with van der Waals surface area (Å²) in [6.07, 6.45) is 1.03. The number of aromatic nitrogens is 1. The smallest absolute Gasteiger partial charge is 0.183 e. The van der Waals surface area contributed by atoms with E-state index in [-0.39, 0.29) is 0 Å². The second-order valence-corrected chi connectivity index (χ2v) is 7.94. The quantitative estimate of drug-likeness (QED) is 0.402. The van der Waals surface area contributed by atoms with Gasteiger partial charge in [-0.1, -0.05) is 66.2 Å². The average Bonchev–Trinajstić information content (AvgIpc) is 3.31. The third kappa shape index (κ3) is 3.15. The third-order valence-electron chi connectivity index (χ3n) is 5.16. The van der Waals surface area contributed by atoms with Crippen molar-refractivity contribution in [1.29, 1.82) is 0 Å². The normalized spacial score (nSPS) is 11.9. The van der Waals surface area contributed by atoms with Crippen LogP contribution in [0.3, 0.4) is 0 Å². The van der Waals surface area contributed by atoms with Crippen LogP contribution < -0.4 is 5.32 Å². The van der Waals surface area contributed by atoms with Gasteiger partial charge in [0.05, 0.1) is 5.69 Å². The molecule has 1 aliphatic rings. The van der Waals surface area contributed by atoms with Gasteiger partial charge < -0.3 is 5.32 Å². The second kappa shape index (κ2) is 6.67. The number of nitrogens with zero attached hydrogens (tertiary/aromatic N) is 1. The van der Waals surface area contributed by atoms with Gasteiger partial charge in [-0.2, -0.15) is 0 Å². The molecule has 0 saturated heterocycles.